The standard InChI is InChI=1S/C17H19NO/c1-19-17-8-6-14(7-9-17)13-2-4-15(5-3-13)16-10-11-18-12-16/h2-9,16,18H,10-12H2,1H3. The van der Waals surface area contributed by atoms with Crippen molar-refractivity contribution < 1.29 is 4.74 Å². The summed E-state index contributed by atoms with van der Waals surface area (Å²) in [6.07, 6.45) is 1.25. The second kappa shape index (κ2) is 5.45. The Bertz CT molecular complexity index is 524. The molecule has 0 amide bonds. The quantitative estimate of drug-likeness (QED) is 0.904. The molecule has 1 aliphatic heterocycles. The summed E-state index contributed by atoms with van der Waals surface area (Å²) in [5.74, 6) is 1.59. The Hall–Kier alpha value is -1.80. The fraction of sp³-hybridized carbons (Fsp3) is 0.294. The first-order valence-corrected chi connectivity index (χ1v) is 6.82. The number of nitrogens with one attached hydrogen (secondary N) is 1. The molecule has 1 unspecified atom stereocenters. The summed E-state index contributed by atoms with van der Waals surface area (Å²) in [6.45, 7) is 2.26. The van der Waals surface area contributed by atoms with Crippen LogP contribution in [0.2, 0.25) is 0 Å². The van der Waals surface area contributed by atoms with Gasteiger partial charge in [0.2, 0.25) is 0 Å². The van der Waals surface area contributed by atoms with E-state index in [1.165, 1.54) is 23.1 Å². The normalized spacial score (nSPS) is 18.5. The van der Waals surface area contributed by atoms with Crippen molar-refractivity contribution in [1.82, 2.24) is 5.32 Å². The lowest BCUT2D eigenvalue weighted by atomic mass is 9.96. The number of ether oxygens (including phenoxy) is 1. The van der Waals surface area contributed by atoms with Crippen molar-refractivity contribution in [2.45, 2.75) is 12.3 Å². The van der Waals surface area contributed by atoms with Crippen LogP contribution in [-0.2, 0) is 0 Å². The average Bonchev–Trinajstić information content (AvgIpc) is 3.02. The lowest BCUT2D eigenvalue weighted by molar-refractivity contribution is 0.415. The molecule has 0 bridgehead atoms. The van der Waals surface area contributed by atoms with Gasteiger partial charge < -0.3 is 10.1 Å². The average molecular weight is 253 g/mol. The fourth-order valence-electron chi connectivity index (χ4n) is 2.67. The fourth-order valence-corrected chi connectivity index (χ4v) is 2.67. The number of methoxy groups -OCH3 is 1. The minimum Gasteiger partial charge on any atom is -0.497 e. The van der Waals surface area contributed by atoms with E-state index in [0.29, 0.717) is 5.92 Å². The zero-order valence-corrected chi connectivity index (χ0v) is 11.2. The predicted octanol–water partition coefficient (Wildman–Crippen LogP) is 3.44. The molecule has 1 N–H and O–H groups in total. The third kappa shape index (κ3) is 2.64. The van der Waals surface area contributed by atoms with Crippen molar-refractivity contribution in [3.63, 3.8) is 0 Å². The zero-order chi connectivity index (χ0) is 13.1. The van der Waals surface area contributed by atoms with Crippen LogP contribution in [0.1, 0.15) is 17.9 Å². The first-order valence-electron chi connectivity index (χ1n) is 6.82. The highest BCUT2D eigenvalue weighted by Crippen LogP contribution is 2.27. The smallest absolute Gasteiger partial charge is 0.118 e. The molecule has 0 aromatic heterocycles. The van der Waals surface area contributed by atoms with Crippen LogP contribution in [0.5, 0.6) is 5.75 Å². The van der Waals surface area contributed by atoms with Gasteiger partial charge in [-0.2, -0.15) is 0 Å². The van der Waals surface area contributed by atoms with Crippen LogP contribution in [0.15, 0.2) is 48.5 Å². The van der Waals surface area contributed by atoms with Crippen molar-refractivity contribution in [2.24, 2.45) is 0 Å². The van der Waals surface area contributed by atoms with Crippen LogP contribution in [-0.4, -0.2) is 20.2 Å². The number of hydrogen-bond donors (Lipinski definition) is 1. The molecule has 1 aliphatic rings. The second-order valence-electron chi connectivity index (χ2n) is 5.04. The maximum Gasteiger partial charge on any atom is 0.118 e. The summed E-state index contributed by atoms with van der Waals surface area (Å²) in [7, 11) is 1.69. The Balaban J connectivity index is 1.80. The molecule has 2 heteroatoms. The highest BCUT2D eigenvalue weighted by Gasteiger charge is 2.16. The van der Waals surface area contributed by atoms with Gasteiger partial charge in [0.15, 0.2) is 0 Å². The molecule has 2 nitrogen and oxygen atoms in total. The molecule has 2 aromatic rings. The SMILES string of the molecule is COc1ccc(-c2ccc(C3CCNC3)cc2)cc1. The van der Waals surface area contributed by atoms with Gasteiger partial charge in [-0.25, -0.2) is 0 Å². The maximum atomic E-state index is 5.18. The Labute approximate surface area is 114 Å². The van der Waals surface area contributed by atoms with E-state index in [0.717, 1.165) is 18.8 Å². The van der Waals surface area contributed by atoms with Crippen molar-refractivity contribution >= 4 is 0 Å². The van der Waals surface area contributed by atoms with Crippen molar-refractivity contribution in [1.29, 1.82) is 0 Å². The third-order valence-corrected chi connectivity index (χ3v) is 3.87. The van der Waals surface area contributed by atoms with E-state index in [2.05, 4.69) is 41.7 Å². The molecule has 98 valence electrons. The second-order valence-corrected chi connectivity index (χ2v) is 5.04. The first-order chi connectivity index (χ1) is 9.36. The van der Waals surface area contributed by atoms with E-state index in [4.69, 9.17) is 4.74 Å². The van der Waals surface area contributed by atoms with Crippen LogP contribution in [0.25, 0.3) is 11.1 Å². The molecule has 1 heterocycles. The van der Waals surface area contributed by atoms with Crippen molar-refractivity contribution in [3.05, 3.63) is 54.1 Å². The van der Waals surface area contributed by atoms with E-state index in [9.17, 15) is 0 Å². The van der Waals surface area contributed by atoms with E-state index in [1.54, 1.807) is 7.11 Å². The molecule has 0 aliphatic carbocycles. The molecular weight excluding hydrogens is 234 g/mol. The summed E-state index contributed by atoms with van der Waals surface area (Å²) in [5.41, 5.74) is 3.94. The molecule has 2 aromatic carbocycles. The maximum absolute atomic E-state index is 5.18. The third-order valence-electron chi connectivity index (χ3n) is 3.87. The molecule has 0 spiro atoms. The van der Waals surface area contributed by atoms with Gasteiger partial charge in [0.25, 0.3) is 0 Å². The van der Waals surface area contributed by atoms with Gasteiger partial charge in [-0.05, 0) is 47.7 Å². The Morgan fingerprint density at radius 3 is 2.11 bits per heavy atom. The number of rotatable bonds is 3. The zero-order valence-electron chi connectivity index (χ0n) is 11.2. The monoisotopic (exact) mass is 253 g/mol. The van der Waals surface area contributed by atoms with Gasteiger partial charge in [0.1, 0.15) is 5.75 Å². The van der Waals surface area contributed by atoms with Crippen LogP contribution < -0.4 is 10.1 Å². The highest BCUT2D eigenvalue weighted by molar-refractivity contribution is 5.64. The minimum absolute atomic E-state index is 0.685. The largest absolute Gasteiger partial charge is 0.497 e. The molecule has 19 heavy (non-hydrogen) atoms. The Morgan fingerprint density at radius 1 is 0.947 bits per heavy atom. The van der Waals surface area contributed by atoms with Crippen molar-refractivity contribution in [3.8, 4) is 16.9 Å². The van der Waals surface area contributed by atoms with Gasteiger partial charge >= 0.3 is 0 Å². The molecule has 3 rings (SSSR count). The van der Waals surface area contributed by atoms with E-state index in [1.807, 2.05) is 12.1 Å². The topological polar surface area (TPSA) is 21.3 Å². The van der Waals surface area contributed by atoms with E-state index in [-0.39, 0.29) is 0 Å². The van der Waals surface area contributed by atoms with Gasteiger partial charge in [-0.3, -0.25) is 0 Å². The molecule has 0 radical (unpaired) electrons. The minimum atomic E-state index is 0.685. The van der Waals surface area contributed by atoms with Gasteiger partial charge in [0, 0.05) is 6.54 Å². The summed E-state index contributed by atoms with van der Waals surface area (Å²) in [4.78, 5) is 0. The van der Waals surface area contributed by atoms with Gasteiger partial charge in [0.05, 0.1) is 7.11 Å². The van der Waals surface area contributed by atoms with Crippen LogP contribution in [0.3, 0.4) is 0 Å². The summed E-state index contributed by atoms with van der Waals surface area (Å²) >= 11 is 0. The predicted molar refractivity (Wildman–Crippen MR) is 78.7 cm³/mol. The van der Waals surface area contributed by atoms with Crippen molar-refractivity contribution in [2.75, 3.05) is 20.2 Å². The lowest BCUT2D eigenvalue weighted by Crippen LogP contribution is -2.07. The first kappa shape index (κ1) is 12.2. The molecule has 1 fully saturated rings. The molecule has 0 saturated carbocycles. The van der Waals surface area contributed by atoms with E-state index >= 15 is 0 Å². The molecular formula is C17H19NO. The van der Waals surface area contributed by atoms with Crippen LogP contribution in [0.4, 0.5) is 0 Å². The summed E-state index contributed by atoms with van der Waals surface area (Å²) in [5, 5.41) is 3.42. The Morgan fingerprint density at radius 2 is 1.58 bits per heavy atom. The highest BCUT2D eigenvalue weighted by atomic mass is 16.5. The number of hydrogen-bond acceptors (Lipinski definition) is 2. The molecule has 1 saturated heterocycles. The summed E-state index contributed by atoms with van der Waals surface area (Å²) in [6, 6.07) is 17.2. The van der Waals surface area contributed by atoms with Gasteiger partial charge in [-0.15, -0.1) is 0 Å². The lowest BCUT2D eigenvalue weighted by Gasteiger charge is -2.10. The Kier molecular flexibility index (Phi) is 3.51. The number of benzene rings is 2. The van der Waals surface area contributed by atoms with E-state index < -0.39 is 0 Å². The van der Waals surface area contributed by atoms with Crippen LogP contribution in [0, 0.1) is 0 Å². The molecule has 1 atom stereocenters. The van der Waals surface area contributed by atoms with Crippen LogP contribution >= 0.6 is 0 Å². The summed E-state index contributed by atoms with van der Waals surface area (Å²) < 4.78 is 5.18. The van der Waals surface area contributed by atoms with Gasteiger partial charge in [-0.1, -0.05) is 36.4 Å².